The van der Waals surface area contributed by atoms with Crippen LogP contribution < -0.4 is 5.32 Å². The lowest BCUT2D eigenvalue weighted by molar-refractivity contribution is -0.142. The van der Waals surface area contributed by atoms with Gasteiger partial charge in [-0.15, -0.1) is 0 Å². The molecule has 1 saturated heterocycles. The number of amides is 1. The molecular weight excluding hydrogens is 311 g/mol. The fourth-order valence-corrected chi connectivity index (χ4v) is 3.19. The van der Waals surface area contributed by atoms with Crippen LogP contribution in [0.3, 0.4) is 0 Å². The van der Waals surface area contributed by atoms with Crippen LogP contribution in [0.2, 0.25) is 0 Å². The molecule has 1 amide bonds. The maximum atomic E-state index is 13.3. The van der Waals surface area contributed by atoms with E-state index in [0.717, 1.165) is 45.0 Å². The molecule has 5 nitrogen and oxygen atoms in total. The van der Waals surface area contributed by atoms with E-state index in [-0.39, 0.29) is 17.4 Å². The second kappa shape index (κ2) is 8.78. The molecule has 1 aliphatic heterocycles. The minimum atomic E-state index is -1.21. The number of nitrogens with zero attached hydrogens (tertiary/aromatic N) is 1. The minimum Gasteiger partial charge on any atom is -0.479 e. The Balaban J connectivity index is 1.89. The fraction of sp³-hybridized carbons (Fsp3) is 0.556. The van der Waals surface area contributed by atoms with Crippen molar-refractivity contribution in [1.82, 2.24) is 10.2 Å². The predicted molar refractivity (Wildman–Crippen MR) is 89.0 cm³/mol. The van der Waals surface area contributed by atoms with Crippen molar-refractivity contribution < 1.29 is 19.1 Å². The van der Waals surface area contributed by atoms with Crippen molar-refractivity contribution in [3.8, 4) is 0 Å². The van der Waals surface area contributed by atoms with Crippen molar-refractivity contribution in [3.05, 3.63) is 35.6 Å². The van der Waals surface area contributed by atoms with Gasteiger partial charge in [-0.2, -0.15) is 0 Å². The molecule has 0 spiro atoms. The number of nitrogens with one attached hydrogen (secondary N) is 1. The van der Waals surface area contributed by atoms with E-state index >= 15 is 0 Å². The maximum Gasteiger partial charge on any atom is 0.330 e. The van der Waals surface area contributed by atoms with Crippen molar-refractivity contribution in [2.45, 2.75) is 38.6 Å². The Morgan fingerprint density at radius 1 is 1.38 bits per heavy atom. The predicted octanol–water partition coefficient (Wildman–Crippen LogP) is 2.58. The molecule has 6 heteroatoms. The Bertz CT molecular complexity index is 571. The van der Waals surface area contributed by atoms with Crippen LogP contribution in [0.5, 0.6) is 0 Å². The van der Waals surface area contributed by atoms with E-state index in [9.17, 15) is 19.1 Å². The van der Waals surface area contributed by atoms with Crippen LogP contribution in [-0.2, 0) is 9.59 Å². The molecule has 0 aliphatic carbocycles. The molecule has 0 saturated carbocycles. The van der Waals surface area contributed by atoms with Crippen molar-refractivity contribution in [1.29, 1.82) is 0 Å². The quantitative estimate of drug-likeness (QED) is 0.803. The van der Waals surface area contributed by atoms with Crippen LogP contribution in [0.15, 0.2) is 24.3 Å². The SMILES string of the molecule is CCCN1CCC(CC(=O)NC(C(=O)O)c2cccc(F)c2)CC1. The average molecular weight is 336 g/mol. The van der Waals surface area contributed by atoms with Gasteiger partial charge in [0, 0.05) is 6.42 Å². The van der Waals surface area contributed by atoms with Crippen LogP contribution in [0.25, 0.3) is 0 Å². The van der Waals surface area contributed by atoms with Gasteiger partial charge in [0.2, 0.25) is 5.91 Å². The molecule has 0 bridgehead atoms. The van der Waals surface area contributed by atoms with Gasteiger partial charge in [-0.3, -0.25) is 4.79 Å². The van der Waals surface area contributed by atoms with Gasteiger partial charge in [-0.05, 0) is 62.5 Å². The Kier molecular flexibility index (Phi) is 6.73. The summed E-state index contributed by atoms with van der Waals surface area (Å²) in [6, 6.07) is 4.12. The molecule has 1 heterocycles. The molecule has 2 rings (SSSR count). The van der Waals surface area contributed by atoms with Gasteiger partial charge in [-0.25, -0.2) is 9.18 Å². The minimum absolute atomic E-state index is 0.244. The Morgan fingerprint density at radius 3 is 2.67 bits per heavy atom. The number of carbonyl (C=O) groups excluding carboxylic acids is 1. The van der Waals surface area contributed by atoms with Crippen LogP contribution in [-0.4, -0.2) is 41.5 Å². The van der Waals surface area contributed by atoms with E-state index in [1.165, 1.54) is 18.2 Å². The number of hydrogen-bond acceptors (Lipinski definition) is 3. The number of benzene rings is 1. The molecule has 1 unspecified atom stereocenters. The average Bonchev–Trinajstić information content (AvgIpc) is 2.54. The highest BCUT2D eigenvalue weighted by Crippen LogP contribution is 2.21. The topological polar surface area (TPSA) is 69.6 Å². The van der Waals surface area contributed by atoms with Crippen molar-refractivity contribution >= 4 is 11.9 Å². The lowest BCUT2D eigenvalue weighted by Gasteiger charge is -2.31. The zero-order valence-corrected chi connectivity index (χ0v) is 14.0. The summed E-state index contributed by atoms with van der Waals surface area (Å²) >= 11 is 0. The number of likely N-dealkylation sites (tertiary alicyclic amines) is 1. The summed E-state index contributed by atoms with van der Waals surface area (Å²) in [7, 11) is 0. The molecule has 1 aromatic carbocycles. The zero-order chi connectivity index (χ0) is 17.5. The molecular formula is C18H25FN2O3. The molecule has 132 valence electrons. The van der Waals surface area contributed by atoms with Gasteiger partial charge in [0.05, 0.1) is 0 Å². The fourth-order valence-electron chi connectivity index (χ4n) is 3.19. The second-order valence-corrected chi connectivity index (χ2v) is 6.38. The monoisotopic (exact) mass is 336 g/mol. The third-order valence-electron chi connectivity index (χ3n) is 4.46. The van der Waals surface area contributed by atoms with Crippen molar-refractivity contribution in [3.63, 3.8) is 0 Å². The largest absolute Gasteiger partial charge is 0.479 e. The maximum absolute atomic E-state index is 13.3. The number of aliphatic carboxylic acids is 1. The molecule has 1 atom stereocenters. The van der Waals surface area contributed by atoms with E-state index in [1.807, 2.05) is 0 Å². The summed E-state index contributed by atoms with van der Waals surface area (Å²) < 4.78 is 13.3. The van der Waals surface area contributed by atoms with E-state index in [2.05, 4.69) is 17.1 Å². The third kappa shape index (κ3) is 5.30. The van der Waals surface area contributed by atoms with Gasteiger partial charge in [0.1, 0.15) is 5.82 Å². The normalized spacial score (nSPS) is 17.4. The van der Waals surface area contributed by atoms with Gasteiger partial charge >= 0.3 is 5.97 Å². The first-order valence-electron chi connectivity index (χ1n) is 8.49. The summed E-state index contributed by atoms with van der Waals surface area (Å²) in [5.74, 6) is -1.72. The summed E-state index contributed by atoms with van der Waals surface area (Å²) in [6.45, 7) is 5.20. The highest BCUT2D eigenvalue weighted by Gasteiger charge is 2.25. The molecule has 2 N–H and O–H groups in total. The number of halogens is 1. The highest BCUT2D eigenvalue weighted by atomic mass is 19.1. The second-order valence-electron chi connectivity index (χ2n) is 6.38. The van der Waals surface area contributed by atoms with Crippen molar-refractivity contribution in [2.24, 2.45) is 5.92 Å². The first-order chi connectivity index (χ1) is 11.5. The molecule has 1 aliphatic rings. The van der Waals surface area contributed by atoms with Crippen LogP contribution >= 0.6 is 0 Å². The third-order valence-corrected chi connectivity index (χ3v) is 4.46. The summed E-state index contributed by atoms with van der Waals surface area (Å²) in [4.78, 5) is 26.0. The number of hydrogen-bond donors (Lipinski definition) is 2. The van der Waals surface area contributed by atoms with Crippen molar-refractivity contribution in [2.75, 3.05) is 19.6 Å². The lowest BCUT2D eigenvalue weighted by Crippen LogP contribution is -2.38. The van der Waals surface area contributed by atoms with Gasteiger partial charge in [0.15, 0.2) is 6.04 Å². The molecule has 24 heavy (non-hydrogen) atoms. The molecule has 0 aromatic heterocycles. The number of piperidine rings is 1. The highest BCUT2D eigenvalue weighted by molar-refractivity contribution is 5.84. The van der Waals surface area contributed by atoms with E-state index < -0.39 is 17.8 Å². The number of rotatable bonds is 7. The first kappa shape index (κ1) is 18.4. The first-order valence-corrected chi connectivity index (χ1v) is 8.49. The summed E-state index contributed by atoms with van der Waals surface area (Å²) in [5, 5.41) is 11.8. The smallest absolute Gasteiger partial charge is 0.330 e. The van der Waals surface area contributed by atoms with E-state index in [0.29, 0.717) is 6.42 Å². The molecule has 1 fully saturated rings. The summed E-state index contributed by atoms with van der Waals surface area (Å²) in [5.41, 5.74) is 0.244. The summed E-state index contributed by atoms with van der Waals surface area (Å²) in [6.07, 6.45) is 3.34. The standard InChI is InChI=1S/C18H25FN2O3/c1-2-8-21-9-6-13(7-10-21)11-16(22)20-17(18(23)24)14-4-3-5-15(19)12-14/h3-5,12-13,17H,2,6-11H2,1H3,(H,20,22)(H,23,24). The van der Waals surface area contributed by atoms with Crippen LogP contribution in [0, 0.1) is 11.7 Å². The Hall–Kier alpha value is -1.95. The van der Waals surface area contributed by atoms with E-state index in [1.54, 1.807) is 0 Å². The van der Waals surface area contributed by atoms with Gasteiger partial charge in [0.25, 0.3) is 0 Å². The number of carboxylic acids is 1. The van der Waals surface area contributed by atoms with Gasteiger partial charge < -0.3 is 15.3 Å². The van der Waals surface area contributed by atoms with Gasteiger partial charge in [-0.1, -0.05) is 19.1 Å². The number of carbonyl (C=O) groups is 2. The van der Waals surface area contributed by atoms with E-state index in [4.69, 9.17) is 0 Å². The van der Waals surface area contributed by atoms with Crippen LogP contribution in [0.4, 0.5) is 4.39 Å². The lowest BCUT2D eigenvalue weighted by atomic mass is 9.93. The molecule has 0 radical (unpaired) electrons. The zero-order valence-electron chi connectivity index (χ0n) is 14.0. The number of carboxylic acid groups (broad SMARTS) is 1. The van der Waals surface area contributed by atoms with Crippen LogP contribution in [0.1, 0.15) is 44.2 Å². The Labute approximate surface area is 141 Å². The molecule has 1 aromatic rings. The Morgan fingerprint density at radius 2 is 2.08 bits per heavy atom.